The van der Waals surface area contributed by atoms with Crippen LogP contribution in [0.4, 0.5) is 5.82 Å². The highest BCUT2D eigenvalue weighted by Crippen LogP contribution is 2.23. The first-order chi connectivity index (χ1) is 15.7. The highest BCUT2D eigenvalue weighted by atomic mass is 16.5. The van der Waals surface area contributed by atoms with Crippen molar-refractivity contribution in [3.8, 4) is 5.75 Å². The average molecular weight is 429 g/mol. The van der Waals surface area contributed by atoms with Crippen LogP contribution in [0, 0.1) is 0 Å². The van der Waals surface area contributed by atoms with Crippen molar-refractivity contribution in [2.45, 2.75) is 6.54 Å². The van der Waals surface area contributed by atoms with Crippen LogP contribution in [-0.2, 0) is 6.54 Å². The van der Waals surface area contributed by atoms with Gasteiger partial charge in [0.15, 0.2) is 17.0 Å². The van der Waals surface area contributed by atoms with Crippen molar-refractivity contribution in [3.05, 3.63) is 72.1 Å². The SMILES string of the molecule is COc1cccc(C(=O)N2CCN(c3ncnc4c3nnn4Cc3ccccc3)CC2)c1. The Bertz CT molecular complexity index is 1230. The lowest BCUT2D eigenvalue weighted by molar-refractivity contribution is 0.0746. The third-order valence-electron chi connectivity index (χ3n) is 5.64. The molecule has 5 rings (SSSR count). The molecule has 1 fully saturated rings. The van der Waals surface area contributed by atoms with E-state index < -0.39 is 0 Å². The molecule has 3 heterocycles. The summed E-state index contributed by atoms with van der Waals surface area (Å²) >= 11 is 0. The van der Waals surface area contributed by atoms with Crippen molar-refractivity contribution in [1.29, 1.82) is 0 Å². The Morgan fingerprint density at radius 3 is 2.59 bits per heavy atom. The van der Waals surface area contributed by atoms with Crippen molar-refractivity contribution in [1.82, 2.24) is 29.9 Å². The molecule has 162 valence electrons. The standard InChI is InChI=1S/C23H23N7O2/c1-32-19-9-5-8-18(14-19)23(31)29-12-10-28(11-13-29)21-20-22(25-16-24-21)30(27-26-20)15-17-6-3-2-4-7-17/h2-9,14,16H,10-13,15H2,1H3. The van der Waals surface area contributed by atoms with Crippen molar-refractivity contribution in [2.75, 3.05) is 38.2 Å². The Labute approximate surface area is 185 Å². The van der Waals surface area contributed by atoms with E-state index in [0.29, 0.717) is 55.2 Å². The molecule has 0 bridgehead atoms. The minimum absolute atomic E-state index is 0.00481. The first-order valence-corrected chi connectivity index (χ1v) is 10.5. The predicted molar refractivity (Wildman–Crippen MR) is 120 cm³/mol. The number of amides is 1. The molecule has 0 atom stereocenters. The van der Waals surface area contributed by atoms with Crippen LogP contribution in [0.2, 0.25) is 0 Å². The van der Waals surface area contributed by atoms with E-state index in [2.05, 4.69) is 25.2 Å². The number of carbonyl (C=O) groups excluding carboxylic acids is 1. The number of fused-ring (bicyclic) bond motifs is 1. The van der Waals surface area contributed by atoms with Crippen LogP contribution in [0.15, 0.2) is 60.9 Å². The molecule has 0 unspecified atom stereocenters. The van der Waals surface area contributed by atoms with E-state index in [1.165, 1.54) is 0 Å². The zero-order chi connectivity index (χ0) is 21.9. The molecule has 0 N–H and O–H groups in total. The van der Waals surface area contributed by atoms with Gasteiger partial charge in [-0.05, 0) is 23.8 Å². The molecule has 0 aliphatic carbocycles. The van der Waals surface area contributed by atoms with Gasteiger partial charge in [0, 0.05) is 31.7 Å². The molecule has 0 radical (unpaired) electrons. The number of anilines is 1. The number of hydrogen-bond acceptors (Lipinski definition) is 7. The molecule has 32 heavy (non-hydrogen) atoms. The summed E-state index contributed by atoms with van der Waals surface area (Å²) in [6.45, 7) is 3.11. The number of hydrogen-bond donors (Lipinski definition) is 0. The van der Waals surface area contributed by atoms with Gasteiger partial charge in [-0.15, -0.1) is 5.10 Å². The molecule has 1 aliphatic rings. The van der Waals surface area contributed by atoms with Crippen LogP contribution in [0.1, 0.15) is 15.9 Å². The second kappa shape index (κ2) is 8.62. The summed E-state index contributed by atoms with van der Waals surface area (Å²) in [7, 11) is 1.60. The third-order valence-corrected chi connectivity index (χ3v) is 5.64. The van der Waals surface area contributed by atoms with Gasteiger partial charge >= 0.3 is 0 Å². The molecule has 9 heteroatoms. The maximum absolute atomic E-state index is 12.9. The van der Waals surface area contributed by atoms with Gasteiger partial charge in [-0.25, -0.2) is 14.6 Å². The molecule has 2 aromatic carbocycles. The van der Waals surface area contributed by atoms with Crippen molar-refractivity contribution < 1.29 is 9.53 Å². The molecule has 4 aromatic rings. The first kappa shape index (κ1) is 19.9. The van der Waals surface area contributed by atoms with E-state index in [-0.39, 0.29) is 5.91 Å². The number of piperazine rings is 1. The van der Waals surface area contributed by atoms with Crippen LogP contribution in [0.5, 0.6) is 5.75 Å². The third kappa shape index (κ3) is 3.84. The van der Waals surface area contributed by atoms with Gasteiger partial charge in [0.05, 0.1) is 13.7 Å². The first-order valence-electron chi connectivity index (χ1n) is 10.5. The molecule has 9 nitrogen and oxygen atoms in total. The van der Waals surface area contributed by atoms with Crippen molar-refractivity contribution in [3.63, 3.8) is 0 Å². The second-order valence-electron chi connectivity index (χ2n) is 7.61. The maximum atomic E-state index is 12.9. The van der Waals surface area contributed by atoms with Gasteiger partial charge in [-0.1, -0.05) is 41.6 Å². The van der Waals surface area contributed by atoms with Gasteiger partial charge in [0.25, 0.3) is 5.91 Å². The zero-order valence-electron chi connectivity index (χ0n) is 17.8. The fourth-order valence-corrected chi connectivity index (χ4v) is 3.93. The normalized spacial score (nSPS) is 14.0. The number of benzene rings is 2. The number of ether oxygens (including phenoxy) is 1. The summed E-state index contributed by atoms with van der Waals surface area (Å²) in [6, 6.07) is 17.3. The Morgan fingerprint density at radius 1 is 1.00 bits per heavy atom. The lowest BCUT2D eigenvalue weighted by Gasteiger charge is -2.35. The quantitative estimate of drug-likeness (QED) is 0.481. The number of rotatable bonds is 5. The van der Waals surface area contributed by atoms with Gasteiger partial charge < -0.3 is 14.5 Å². The Morgan fingerprint density at radius 2 is 1.81 bits per heavy atom. The predicted octanol–water partition coefficient (Wildman–Crippen LogP) is 2.24. The highest BCUT2D eigenvalue weighted by Gasteiger charge is 2.25. The van der Waals surface area contributed by atoms with E-state index in [1.807, 2.05) is 53.4 Å². The van der Waals surface area contributed by atoms with Crippen LogP contribution < -0.4 is 9.64 Å². The van der Waals surface area contributed by atoms with Gasteiger partial charge in [0.2, 0.25) is 0 Å². The second-order valence-corrected chi connectivity index (χ2v) is 7.61. The molecule has 2 aromatic heterocycles. The monoisotopic (exact) mass is 429 g/mol. The Hall–Kier alpha value is -4.01. The highest BCUT2D eigenvalue weighted by molar-refractivity contribution is 5.95. The van der Waals surface area contributed by atoms with E-state index in [1.54, 1.807) is 24.2 Å². The molecule has 0 saturated carbocycles. The lowest BCUT2D eigenvalue weighted by Crippen LogP contribution is -2.49. The van der Waals surface area contributed by atoms with Gasteiger partial charge in [-0.3, -0.25) is 4.79 Å². The van der Waals surface area contributed by atoms with Crippen molar-refractivity contribution >= 4 is 22.9 Å². The number of nitrogens with zero attached hydrogens (tertiary/aromatic N) is 7. The fourth-order valence-electron chi connectivity index (χ4n) is 3.93. The Balaban J connectivity index is 1.31. The van der Waals surface area contributed by atoms with Crippen LogP contribution in [0.25, 0.3) is 11.2 Å². The van der Waals surface area contributed by atoms with E-state index >= 15 is 0 Å². The lowest BCUT2D eigenvalue weighted by atomic mass is 10.1. The molecule has 1 aliphatic heterocycles. The van der Waals surface area contributed by atoms with E-state index in [9.17, 15) is 4.79 Å². The molecule has 1 saturated heterocycles. The van der Waals surface area contributed by atoms with Gasteiger partial charge in [-0.2, -0.15) is 0 Å². The molecular weight excluding hydrogens is 406 g/mol. The summed E-state index contributed by atoms with van der Waals surface area (Å²) in [4.78, 5) is 25.8. The van der Waals surface area contributed by atoms with E-state index in [0.717, 1.165) is 11.4 Å². The van der Waals surface area contributed by atoms with E-state index in [4.69, 9.17) is 4.74 Å². The minimum Gasteiger partial charge on any atom is -0.497 e. The smallest absolute Gasteiger partial charge is 0.254 e. The molecule has 0 spiro atoms. The zero-order valence-corrected chi connectivity index (χ0v) is 17.8. The van der Waals surface area contributed by atoms with Crippen LogP contribution >= 0.6 is 0 Å². The summed E-state index contributed by atoms with van der Waals surface area (Å²) in [5.41, 5.74) is 3.14. The largest absolute Gasteiger partial charge is 0.497 e. The van der Waals surface area contributed by atoms with Crippen LogP contribution in [0.3, 0.4) is 0 Å². The Kier molecular flexibility index (Phi) is 5.37. The maximum Gasteiger partial charge on any atom is 0.254 e. The average Bonchev–Trinajstić information content (AvgIpc) is 3.27. The van der Waals surface area contributed by atoms with Crippen molar-refractivity contribution in [2.24, 2.45) is 0 Å². The summed E-state index contributed by atoms with van der Waals surface area (Å²) in [5.74, 6) is 1.43. The topological polar surface area (TPSA) is 89.3 Å². The van der Waals surface area contributed by atoms with Crippen LogP contribution in [-0.4, -0.2) is 69.1 Å². The van der Waals surface area contributed by atoms with Gasteiger partial charge in [0.1, 0.15) is 12.1 Å². The minimum atomic E-state index is 0.00481. The fraction of sp³-hybridized carbons (Fsp3) is 0.261. The number of carbonyl (C=O) groups is 1. The number of aromatic nitrogens is 5. The summed E-state index contributed by atoms with van der Waals surface area (Å²) in [5, 5.41) is 8.67. The molecular formula is C23H23N7O2. The summed E-state index contributed by atoms with van der Waals surface area (Å²) < 4.78 is 7.03. The molecule has 1 amide bonds. The summed E-state index contributed by atoms with van der Waals surface area (Å²) in [6.07, 6.45) is 1.55. The number of methoxy groups -OCH3 is 1.